The van der Waals surface area contributed by atoms with Gasteiger partial charge in [-0.25, -0.2) is 9.97 Å². The van der Waals surface area contributed by atoms with Gasteiger partial charge in [0, 0.05) is 6.20 Å². The lowest BCUT2D eigenvalue weighted by atomic mass is 10.4. The highest BCUT2D eigenvalue weighted by Gasteiger charge is 2.02. The van der Waals surface area contributed by atoms with Crippen LogP contribution in [-0.2, 0) is 0 Å². The molecule has 4 heteroatoms. The molecule has 2 aromatic rings. The monoisotopic (exact) mass is 197 g/mol. The summed E-state index contributed by atoms with van der Waals surface area (Å²) in [6, 6.07) is 1.86. The van der Waals surface area contributed by atoms with E-state index in [4.69, 9.17) is 11.6 Å². The Morgan fingerprint density at radius 1 is 1.31 bits per heavy atom. The Hall–Kier alpha value is -1.09. The Morgan fingerprint density at radius 3 is 2.69 bits per heavy atom. The molecule has 0 aliphatic carbocycles. The zero-order chi connectivity index (χ0) is 9.84. The first-order valence-electron chi connectivity index (χ1n) is 4.24. The van der Waals surface area contributed by atoms with Crippen LogP contribution >= 0.6 is 11.6 Å². The van der Waals surface area contributed by atoms with E-state index in [9.17, 15) is 0 Å². The third-order valence-electron chi connectivity index (χ3n) is 1.48. The van der Waals surface area contributed by atoms with Crippen molar-refractivity contribution in [3.8, 4) is 0 Å². The van der Waals surface area contributed by atoms with Crippen LogP contribution in [0.25, 0.3) is 11.0 Å². The number of nitrogens with zero attached hydrogens (tertiary/aromatic N) is 2. The van der Waals surface area contributed by atoms with Crippen LogP contribution in [0.1, 0.15) is 19.7 Å². The van der Waals surface area contributed by atoms with Gasteiger partial charge in [-0.1, -0.05) is 25.4 Å². The maximum absolute atomic E-state index is 5.83. The Kier molecular flexibility index (Phi) is 3.25. The van der Waals surface area contributed by atoms with Gasteiger partial charge in [0.25, 0.3) is 0 Å². The Balaban J connectivity index is 0.000000396. The minimum Gasteiger partial charge on any atom is -0.346 e. The van der Waals surface area contributed by atoms with Crippen LogP contribution in [0.4, 0.5) is 0 Å². The van der Waals surface area contributed by atoms with Crippen molar-refractivity contribution in [3.05, 3.63) is 23.2 Å². The first-order valence-corrected chi connectivity index (χ1v) is 4.62. The highest BCUT2D eigenvalue weighted by atomic mass is 35.5. The molecule has 0 fully saturated rings. The molecule has 0 bridgehead atoms. The molecule has 3 nitrogen and oxygen atoms in total. The van der Waals surface area contributed by atoms with Gasteiger partial charge in [-0.05, 0) is 13.0 Å². The molecule has 0 amide bonds. The molecule has 2 aromatic heterocycles. The highest BCUT2D eigenvalue weighted by molar-refractivity contribution is 6.33. The predicted octanol–water partition coefficient (Wildman–Crippen LogP) is 2.95. The second-order valence-corrected chi connectivity index (χ2v) is 2.66. The first kappa shape index (κ1) is 9.99. The van der Waals surface area contributed by atoms with E-state index in [-0.39, 0.29) is 0 Å². The van der Waals surface area contributed by atoms with Gasteiger partial charge in [0.1, 0.15) is 16.6 Å². The van der Waals surface area contributed by atoms with Gasteiger partial charge in [0.2, 0.25) is 0 Å². The lowest BCUT2D eigenvalue weighted by Crippen LogP contribution is -1.87. The molecule has 0 saturated carbocycles. The van der Waals surface area contributed by atoms with E-state index in [1.165, 1.54) is 0 Å². The number of fused-ring (bicyclic) bond motifs is 1. The molecule has 70 valence electrons. The zero-order valence-electron chi connectivity index (χ0n) is 7.93. The van der Waals surface area contributed by atoms with Crippen molar-refractivity contribution in [1.82, 2.24) is 15.0 Å². The standard InChI is InChI=1S/C7H6ClN3.C2H6/c1-4-10-6(8)5-2-3-9-7(5)11-4;1-2/h2-3H,1H3,(H,9,10,11);1-2H3. The van der Waals surface area contributed by atoms with Gasteiger partial charge in [0.05, 0.1) is 5.39 Å². The maximum atomic E-state index is 5.83. The molecule has 0 aliphatic rings. The number of H-pyrrole nitrogens is 1. The second-order valence-electron chi connectivity index (χ2n) is 2.30. The van der Waals surface area contributed by atoms with Crippen molar-refractivity contribution >= 4 is 22.6 Å². The average Bonchev–Trinajstić information content (AvgIpc) is 2.55. The molecule has 2 rings (SSSR count). The van der Waals surface area contributed by atoms with Gasteiger partial charge < -0.3 is 4.98 Å². The van der Waals surface area contributed by atoms with Gasteiger partial charge in [-0.2, -0.15) is 0 Å². The second kappa shape index (κ2) is 4.23. The molecular formula is C9H12ClN3. The molecule has 0 aliphatic heterocycles. The third kappa shape index (κ3) is 1.98. The predicted molar refractivity (Wildman–Crippen MR) is 55.0 cm³/mol. The average molecular weight is 198 g/mol. The zero-order valence-corrected chi connectivity index (χ0v) is 8.68. The van der Waals surface area contributed by atoms with Crippen molar-refractivity contribution in [3.63, 3.8) is 0 Å². The summed E-state index contributed by atoms with van der Waals surface area (Å²) in [7, 11) is 0. The molecule has 0 saturated heterocycles. The van der Waals surface area contributed by atoms with Crippen molar-refractivity contribution < 1.29 is 0 Å². The van der Waals surface area contributed by atoms with Crippen molar-refractivity contribution in [2.24, 2.45) is 0 Å². The smallest absolute Gasteiger partial charge is 0.142 e. The minimum atomic E-state index is 0.508. The number of halogens is 1. The molecule has 0 unspecified atom stereocenters. The van der Waals surface area contributed by atoms with E-state index < -0.39 is 0 Å². The van der Waals surface area contributed by atoms with E-state index >= 15 is 0 Å². The lowest BCUT2D eigenvalue weighted by Gasteiger charge is -1.93. The van der Waals surface area contributed by atoms with Crippen molar-refractivity contribution in [1.29, 1.82) is 0 Å². The molecule has 0 aromatic carbocycles. The summed E-state index contributed by atoms with van der Waals surface area (Å²) in [4.78, 5) is 11.1. The normalized spacial score (nSPS) is 9.54. The number of hydrogen-bond acceptors (Lipinski definition) is 2. The number of aromatic nitrogens is 3. The van der Waals surface area contributed by atoms with Crippen LogP contribution in [-0.4, -0.2) is 15.0 Å². The fourth-order valence-electron chi connectivity index (χ4n) is 1.01. The Bertz CT molecular complexity index is 395. The number of hydrogen-bond donors (Lipinski definition) is 1. The first-order chi connectivity index (χ1) is 6.27. The summed E-state index contributed by atoms with van der Waals surface area (Å²) in [6.07, 6.45) is 1.80. The molecule has 0 atom stereocenters. The quantitative estimate of drug-likeness (QED) is 0.660. The third-order valence-corrected chi connectivity index (χ3v) is 1.77. The molecular weight excluding hydrogens is 186 g/mol. The summed E-state index contributed by atoms with van der Waals surface area (Å²) >= 11 is 5.83. The summed E-state index contributed by atoms with van der Waals surface area (Å²) in [6.45, 7) is 5.81. The molecule has 0 spiro atoms. The van der Waals surface area contributed by atoms with E-state index in [0.717, 1.165) is 11.0 Å². The lowest BCUT2D eigenvalue weighted by molar-refractivity contribution is 1.08. The molecule has 13 heavy (non-hydrogen) atoms. The van der Waals surface area contributed by atoms with Gasteiger partial charge in [-0.3, -0.25) is 0 Å². The Labute approximate surface area is 82.2 Å². The van der Waals surface area contributed by atoms with Crippen LogP contribution in [0.3, 0.4) is 0 Å². The summed E-state index contributed by atoms with van der Waals surface area (Å²) in [5.41, 5.74) is 0.794. The van der Waals surface area contributed by atoms with Crippen LogP contribution in [0.15, 0.2) is 12.3 Å². The number of aryl methyl sites for hydroxylation is 1. The molecule has 2 heterocycles. The van der Waals surface area contributed by atoms with Gasteiger partial charge in [-0.15, -0.1) is 0 Å². The molecule has 0 radical (unpaired) electrons. The highest BCUT2D eigenvalue weighted by Crippen LogP contribution is 2.18. The number of aromatic amines is 1. The number of rotatable bonds is 0. The topological polar surface area (TPSA) is 41.6 Å². The van der Waals surface area contributed by atoms with Gasteiger partial charge in [0.15, 0.2) is 0 Å². The van der Waals surface area contributed by atoms with E-state index in [1.807, 2.05) is 26.8 Å². The van der Waals surface area contributed by atoms with Crippen LogP contribution in [0.2, 0.25) is 5.15 Å². The number of nitrogens with one attached hydrogen (secondary N) is 1. The fraction of sp³-hybridized carbons (Fsp3) is 0.333. The van der Waals surface area contributed by atoms with E-state index in [0.29, 0.717) is 11.0 Å². The van der Waals surface area contributed by atoms with Crippen molar-refractivity contribution in [2.75, 3.05) is 0 Å². The van der Waals surface area contributed by atoms with Crippen LogP contribution < -0.4 is 0 Å². The summed E-state index contributed by atoms with van der Waals surface area (Å²) < 4.78 is 0. The van der Waals surface area contributed by atoms with Crippen LogP contribution in [0.5, 0.6) is 0 Å². The minimum absolute atomic E-state index is 0.508. The maximum Gasteiger partial charge on any atom is 0.142 e. The van der Waals surface area contributed by atoms with E-state index in [1.54, 1.807) is 6.20 Å². The fourth-order valence-corrected chi connectivity index (χ4v) is 1.28. The Morgan fingerprint density at radius 2 is 2.00 bits per heavy atom. The molecule has 1 N–H and O–H groups in total. The summed E-state index contributed by atoms with van der Waals surface area (Å²) in [5.74, 6) is 0.685. The SMILES string of the molecule is CC.Cc1nc(Cl)c2cc[nH]c2n1. The van der Waals surface area contributed by atoms with Crippen molar-refractivity contribution in [2.45, 2.75) is 20.8 Å². The van der Waals surface area contributed by atoms with E-state index in [2.05, 4.69) is 15.0 Å². The summed E-state index contributed by atoms with van der Waals surface area (Å²) in [5, 5.41) is 1.38. The van der Waals surface area contributed by atoms with Gasteiger partial charge >= 0.3 is 0 Å². The largest absolute Gasteiger partial charge is 0.346 e. The van der Waals surface area contributed by atoms with Crippen LogP contribution in [0, 0.1) is 6.92 Å².